The molecule has 0 saturated carbocycles. The van der Waals surface area contributed by atoms with Crippen molar-refractivity contribution in [3.63, 3.8) is 0 Å². The van der Waals surface area contributed by atoms with E-state index in [-0.39, 0.29) is 18.7 Å². The molecule has 0 unspecified atom stereocenters. The Kier molecular flexibility index (Phi) is 3.82. The molecule has 19 heavy (non-hydrogen) atoms. The van der Waals surface area contributed by atoms with Crippen molar-refractivity contribution < 1.29 is 22.7 Å². The van der Waals surface area contributed by atoms with Crippen LogP contribution in [0.5, 0.6) is 0 Å². The molecule has 0 amide bonds. The van der Waals surface area contributed by atoms with Gasteiger partial charge in [0.2, 0.25) is 0 Å². The molecule has 0 saturated heterocycles. The molecule has 4 nitrogen and oxygen atoms in total. The lowest BCUT2D eigenvalue weighted by Gasteiger charge is -2.14. The molecular formula is C12H15F3N2O2. The summed E-state index contributed by atoms with van der Waals surface area (Å²) in [7, 11) is 0. The molecule has 0 atom stereocenters. The molecule has 0 fully saturated rings. The van der Waals surface area contributed by atoms with Crippen molar-refractivity contribution in [3.05, 3.63) is 17.0 Å². The topological polar surface area (TPSA) is 44.1 Å². The SMILES string of the molecule is CCOC(=O)Cn1nc(C(F)(F)F)c2c1CCCC2. The highest BCUT2D eigenvalue weighted by molar-refractivity contribution is 5.69. The van der Waals surface area contributed by atoms with E-state index in [1.165, 1.54) is 0 Å². The van der Waals surface area contributed by atoms with Gasteiger partial charge in [-0.2, -0.15) is 18.3 Å². The van der Waals surface area contributed by atoms with Gasteiger partial charge in [-0.1, -0.05) is 0 Å². The predicted octanol–water partition coefficient (Wildman–Crippen LogP) is 2.34. The largest absolute Gasteiger partial charge is 0.465 e. The Morgan fingerprint density at radius 1 is 1.37 bits per heavy atom. The van der Waals surface area contributed by atoms with Crippen molar-refractivity contribution in [3.8, 4) is 0 Å². The van der Waals surface area contributed by atoms with E-state index in [0.717, 1.165) is 17.5 Å². The van der Waals surface area contributed by atoms with Crippen LogP contribution in [0.3, 0.4) is 0 Å². The van der Waals surface area contributed by atoms with E-state index in [4.69, 9.17) is 4.74 Å². The highest BCUT2D eigenvalue weighted by Gasteiger charge is 2.39. The number of carbonyl (C=O) groups excluding carboxylic acids is 1. The smallest absolute Gasteiger partial charge is 0.435 e. The van der Waals surface area contributed by atoms with Gasteiger partial charge in [0.05, 0.1) is 6.61 Å². The predicted molar refractivity (Wildman–Crippen MR) is 60.5 cm³/mol. The van der Waals surface area contributed by atoms with Crippen LogP contribution in [0.2, 0.25) is 0 Å². The highest BCUT2D eigenvalue weighted by Crippen LogP contribution is 2.35. The van der Waals surface area contributed by atoms with Crippen molar-refractivity contribution in [1.29, 1.82) is 0 Å². The quantitative estimate of drug-likeness (QED) is 0.796. The standard InChI is InChI=1S/C12H15F3N2O2/c1-2-19-10(18)7-17-9-6-4-3-5-8(9)11(16-17)12(13,14)15/h2-7H2,1H3. The molecule has 1 heterocycles. The molecule has 0 radical (unpaired) electrons. The van der Waals surface area contributed by atoms with Crippen LogP contribution in [0.4, 0.5) is 13.2 Å². The van der Waals surface area contributed by atoms with Gasteiger partial charge in [0.25, 0.3) is 0 Å². The first-order chi connectivity index (χ1) is 8.93. The summed E-state index contributed by atoms with van der Waals surface area (Å²) in [5, 5.41) is 3.58. The second kappa shape index (κ2) is 5.22. The van der Waals surface area contributed by atoms with E-state index in [1.54, 1.807) is 6.92 Å². The number of nitrogens with zero attached hydrogens (tertiary/aromatic N) is 2. The van der Waals surface area contributed by atoms with Gasteiger partial charge in [-0.3, -0.25) is 9.48 Å². The number of fused-ring (bicyclic) bond motifs is 1. The van der Waals surface area contributed by atoms with Crippen molar-refractivity contribution in [1.82, 2.24) is 9.78 Å². The Balaban J connectivity index is 2.34. The molecule has 1 aliphatic rings. The van der Waals surface area contributed by atoms with E-state index in [0.29, 0.717) is 18.5 Å². The molecule has 106 valence electrons. The maximum absolute atomic E-state index is 12.9. The Bertz CT molecular complexity index is 480. The minimum atomic E-state index is -4.47. The highest BCUT2D eigenvalue weighted by atomic mass is 19.4. The number of ether oxygens (including phenoxy) is 1. The van der Waals surface area contributed by atoms with Gasteiger partial charge in [0.15, 0.2) is 5.69 Å². The van der Waals surface area contributed by atoms with Gasteiger partial charge in [0.1, 0.15) is 6.54 Å². The van der Waals surface area contributed by atoms with Crippen LogP contribution in [0.1, 0.15) is 36.7 Å². The van der Waals surface area contributed by atoms with E-state index in [9.17, 15) is 18.0 Å². The summed E-state index contributed by atoms with van der Waals surface area (Å²) in [6.45, 7) is 1.60. The van der Waals surface area contributed by atoms with Gasteiger partial charge in [-0.15, -0.1) is 0 Å². The Morgan fingerprint density at radius 3 is 2.68 bits per heavy atom. The first-order valence-electron chi connectivity index (χ1n) is 6.25. The monoisotopic (exact) mass is 276 g/mol. The third kappa shape index (κ3) is 2.90. The average molecular weight is 276 g/mol. The lowest BCUT2D eigenvalue weighted by atomic mass is 9.95. The van der Waals surface area contributed by atoms with Crippen molar-refractivity contribution in [2.75, 3.05) is 6.61 Å². The van der Waals surface area contributed by atoms with Gasteiger partial charge in [0, 0.05) is 11.3 Å². The Morgan fingerprint density at radius 2 is 2.05 bits per heavy atom. The molecule has 7 heteroatoms. The normalized spacial score (nSPS) is 15.2. The zero-order valence-electron chi connectivity index (χ0n) is 10.6. The Labute approximate surface area is 108 Å². The molecule has 2 rings (SSSR count). The van der Waals surface area contributed by atoms with E-state index < -0.39 is 17.8 Å². The molecular weight excluding hydrogens is 261 g/mol. The maximum Gasteiger partial charge on any atom is 0.435 e. The van der Waals surface area contributed by atoms with Crippen LogP contribution in [0.25, 0.3) is 0 Å². The molecule has 0 N–H and O–H groups in total. The fraction of sp³-hybridized carbons (Fsp3) is 0.667. The molecule has 0 spiro atoms. The number of hydrogen-bond acceptors (Lipinski definition) is 3. The number of hydrogen-bond donors (Lipinski definition) is 0. The van der Waals surface area contributed by atoms with Gasteiger partial charge in [-0.05, 0) is 32.6 Å². The summed E-state index contributed by atoms with van der Waals surface area (Å²) in [5.41, 5.74) is -0.0961. The minimum Gasteiger partial charge on any atom is -0.465 e. The Hall–Kier alpha value is -1.53. The summed E-state index contributed by atoms with van der Waals surface area (Å²) < 4.78 is 44.5. The summed E-state index contributed by atoms with van der Waals surface area (Å²) in [6, 6.07) is 0. The number of aromatic nitrogens is 2. The zero-order valence-corrected chi connectivity index (χ0v) is 10.6. The zero-order chi connectivity index (χ0) is 14.0. The number of halogens is 3. The van der Waals surface area contributed by atoms with Crippen LogP contribution < -0.4 is 0 Å². The van der Waals surface area contributed by atoms with E-state index in [2.05, 4.69) is 5.10 Å². The minimum absolute atomic E-state index is 0.203. The number of carbonyl (C=O) groups is 1. The first-order valence-corrected chi connectivity index (χ1v) is 6.25. The number of alkyl halides is 3. The molecule has 1 aromatic heterocycles. The lowest BCUT2D eigenvalue weighted by molar-refractivity contribution is -0.146. The summed E-state index contributed by atoms with van der Waals surface area (Å²) in [5.74, 6) is -0.563. The van der Waals surface area contributed by atoms with Crippen LogP contribution >= 0.6 is 0 Å². The maximum atomic E-state index is 12.9. The van der Waals surface area contributed by atoms with Crippen LogP contribution in [0.15, 0.2) is 0 Å². The number of rotatable bonds is 3. The molecule has 1 aromatic rings. The summed E-state index contributed by atoms with van der Waals surface area (Å²) in [6.07, 6.45) is -2.04. The molecule has 1 aliphatic carbocycles. The third-order valence-electron chi connectivity index (χ3n) is 3.11. The second-order valence-corrected chi connectivity index (χ2v) is 4.44. The second-order valence-electron chi connectivity index (χ2n) is 4.44. The van der Waals surface area contributed by atoms with E-state index in [1.807, 2.05) is 0 Å². The van der Waals surface area contributed by atoms with Gasteiger partial charge >= 0.3 is 12.1 Å². The lowest BCUT2D eigenvalue weighted by Crippen LogP contribution is -2.18. The van der Waals surface area contributed by atoms with Gasteiger partial charge in [-0.25, -0.2) is 0 Å². The molecule has 0 aromatic carbocycles. The third-order valence-corrected chi connectivity index (χ3v) is 3.11. The number of esters is 1. The first kappa shape index (κ1) is 13.9. The van der Waals surface area contributed by atoms with Crippen LogP contribution in [-0.2, 0) is 35.1 Å². The van der Waals surface area contributed by atoms with E-state index >= 15 is 0 Å². The summed E-state index contributed by atoms with van der Waals surface area (Å²) >= 11 is 0. The van der Waals surface area contributed by atoms with Crippen LogP contribution in [0, 0.1) is 0 Å². The molecule has 0 bridgehead atoms. The van der Waals surface area contributed by atoms with Crippen molar-refractivity contribution in [2.45, 2.75) is 45.3 Å². The van der Waals surface area contributed by atoms with Crippen molar-refractivity contribution in [2.24, 2.45) is 0 Å². The fourth-order valence-corrected chi connectivity index (χ4v) is 2.36. The van der Waals surface area contributed by atoms with Crippen molar-refractivity contribution >= 4 is 5.97 Å². The van der Waals surface area contributed by atoms with Gasteiger partial charge < -0.3 is 4.74 Å². The summed E-state index contributed by atoms with van der Waals surface area (Å²) in [4.78, 5) is 11.4. The molecule has 0 aliphatic heterocycles. The average Bonchev–Trinajstić information content (AvgIpc) is 2.69. The van der Waals surface area contributed by atoms with Crippen LogP contribution in [-0.4, -0.2) is 22.4 Å². The fourth-order valence-electron chi connectivity index (χ4n) is 2.36.